The van der Waals surface area contributed by atoms with Crippen LogP contribution in [0.5, 0.6) is 0 Å². The lowest BCUT2D eigenvalue weighted by Crippen LogP contribution is -2.44. The average molecular weight is 400 g/mol. The Hall–Kier alpha value is -2.69. The number of carbonyl (C=O) groups is 1. The molecule has 2 aromatic rings. The first kappa shape index (κ1) is 21.6. The van der Waals surface area contributed by atoms with Gasteiger partial charge in [-0.25, -0.2) is 8.42 Å². The third kappa shape index (κ3) is 6.19. The van der Waals surface area contributed by atoms with Crippen molar-refractivity contribution < 1.29 is 13.2 Å². The van der Waals surface area contributed by atoms with E-state index in [9.17, 15) is 13.2 Å². The smallest absolute Gasteiger partial charge is 0.242 e. The molecular formula is C21H25N3O3S. The summed E-state index contributed by atoms with van der Waals surface area (Å²) in [6, 6.07) is 14.6. The molecule has 0 bridgehead atoms. The molecule has 0 aliphatic carbocycles. The highest BCUT2D eigenvalue weighted by Gasteiger charge is 2.26. The average Bonchev–Trinajstić information content (AvgIpc) is 2.63. The molecule has 2 aromatic carbocycles. The highest BCUT2D eigenvalue weighted by atomic mass is 32.2. The molecule has 1 atom stereocenters. The first-order chi connectivity index (χ1) is 13.2. The largest absolute Gasteiger partial charge is 0.325 e. The van der Waals surface area contributed by atoms with Crippen LogP contribution in [0.3, 0.4) is 0 Å². The molecule has 148 valence electrons. The molecule has 2 rings (SSSR count). The van der Waals surface area contributed by atoms with Crippen molar-refractivity contribution in [2.75, 3.05) is 5.32 Å². The zero-order chi connectivity index (χ0) is 20.7. The Kier molecular flexibility index (Phi) is 7.32. The molecule has 1 amide bonds. The maximum absolute atomic E-state index is 12.7. The summed E-state index contributed by atoms with van der Waals surface area (Å²) in [5.74, 6) is -0.299. The van der Waals surface area contributed by atoms with Gasteiger partial charge in [0.2, 0.25) is 15.9 Å². The Morgan fingerprint density at radius 3 is 2.21 bits per heavy atom. The fourth-order valence-corrected chi connectivity index (χ4v) is 3.89. The summed E-state index contributed by atoms with van der Waals surface area (Å²) in [7, 11) is -3.82. The zero-order valence-electron chi connectivity index (χ0n) is 16.3. The Labute approximate surface area is 166 Å². The van der Waals surface area contributed by atoms with Crippen molar-refractivity contribution in [3.8, 4) is 6.07 Å². The fraction of sp³-hybridized carbons (Fsp3) is 0.333. The van der Waals surface area contributed by atoms with Crippen molar-refractivity contribution in [2.45, 2.75) is 44.6 Å². The predicted molar refractivity (Wildman–Crippen MR) is 109 cm³/mol. The number of sulfonamides is 1. The van der Waals surface area contributed by atoms with Gasteiger partial charge in [-0.15, -0.1) is 0 Å². The molecule has 0 saturated carbocycles. The number of anilines is 1. The van der Waals surface area contributed by atoms with Gasteiger partial charge in [0.05, 0.1) is 17.4 Å². The lowest BCUT2D eigenvalue weighted by atomic mass is 10.0. The van der Waals surface area contributed by atoms with E-state index in [-0.39, 0.29) is 10.8 Å². The van der Waals surface area contributed by atoms with Crippen LogP contribution in [0.1, 0.15) is 31.4 Å². The van der Waals surface area contributed by atoms with E-state index in [1.807, 2.05) is 20.8 Å². The number of aryl methyl sites for hydroxylation is 1. The molecule has 0 aliphatic rings. The van der Waals surface area contributed by atoms with E-state index in [1.165, 1.54) is 12.1 Å². The summed E-state index contributed by atoms with van der Waals surface area (Å²) in [6.07, 6.45) is 0.657. The van der Waals surface area contributed by atoms with Crippen molar-refractivity contribution in [3.05, 3.63) is 59.7 Å². The summed E-state index contributed by atoms with van der Waals surface area (Å²) in [6.45, 7) is 5.73. The first-order valence-electron chi connectivity index (χ1n) is 9.07. The minimum atomic E-state index is -3.82. The Balaban J connectivity index is 2.16. The van der Waals surface area contributed by atoms with E-state index in [1.54, 1.807) is 36.4 Å². The minimum Gasteiger partial charge on any atom is -0.325 e. The van der Waals surface area contributed by atoms with E-state index in [0.29, 0.717) is 18.5 Å². The van der Waals surface area contributed by atoms with Gasteiger partial charge in [-0.2, -0.15) is 9.98 Å². The number of hydrogen-bond donors (Lipinski definition) is 2. The molecule has 2 N–H and O–H groups in total. The van der Waals surface area contributed by atoms with Crippen LogP contribution in [0.2, 0.25) is 0 Å². The fourth-order valence-electron chi connectivity index (χ4n) is 2.68. The molecular weight excluding hydrogens is 374 g/mol. The lowest BCUT2D eigenvalue weighted by molar-refractivity contribution is -0.118. The Bertz CT molecular complexity index is 944. The quantitative estimate of drug-likeness (QED) is 0.711. The van der Waals surface area contributed by atoms with Gasteiger partial charge >= 0.3 is 0 Å². The molecule has 1 unspecified atom stereocenters. The predicted octanol–water partition coefficient (Wildman–Crippen LogP) is 3.39. The van der Waals surface area contributed by atoms with Crippen LogP contribution in [0.25, 0.3) is 0 Å². The summed E-state index contributed by atoms with van der Waals surface area (Å²) >= 11 is 0. The van der Waals surface area contributed by atoms with E-state index < -0.39 is 22.0 Å². The normalized spacial score (nSPS) is 12.4. The molecule has 0 fully saturated rings. The number of carbonyl (C=O) groups excluding carboxylic acids is 1. The number of nitrogens with one attached hydrogen (secondary N) is 2. The third-order valence-electron chi connectivity index (χ3n) is 4.16. The number of nitrogens with zero attached hydrogens (tertiary/aromatic N) is 1. The number of nitriles is 1. The molecule has 0 aliphatic heterocycles. The second-order valence-electron chi connectivity index (χ2n) is 7.14. The van der Waals surface area contributed by atoms with Crippen LogP contribution in [0, 0.1) is 24.2 Å². The first-order valence-corrected chi connectivity index (χ1v) is 10.6. The van der Waals surface area contributed by atoms with Crippen LogP contribution < -0.4 is 10.0 Å². The van der Waals surface area contributed by atoms with Crippen molar-refractivity contribution >= 4 is 21.6 Å². The number of amides is 1. The van der Waals surface area contributed by atoms with Gasteiger partial charge in [0.25, 0.3) is 0 Å². The molecule has 0 radical (unpaired) electrons. The summed E-state index contributed by atoms with van der Waals surface area (Å²) in [4.78, 5) is 12.9. The maximum atomic E-state index is 12.7. The molecule has 0 saturated heterocycles. The molecule has 0 heterocycles. The third-order valence-corrected chi connectivity index (χ3v) is 5.64. The highest BCUT2D eigenvalue weighted by Crippen LogP contribution is 2.16. The monoisotopic (exact) mass is 399 g/mol. The molecule has 7 heteroatoms. The van der Waals surface area contributed by atoms with Crippen LogP contribution in [0.4, 0.5) is 5.69 Å². The second kappa shape index (κ2) is 9.49. The van der Waals surface area contributed by atoms with Gasteiger partial charge in [-0.3, -0.25) is 4.79 Å². The SMILES string of the molecule is Cc1ccc(S(=O)(=O)NC(CC(C)C)C(=O)Nc2ccc(CC#N)cc2)cc1. The van der Waals surface area contributed by atoms with Crippen molar-refractivity contribution in [1.82, 2.24) is 4.72 Å². The van der Waals surface area contributed by atoms with Crippen LogP contribution in [-0.4, -0.2) is 20.4 Å². The van der Waals surface area contributed by atoms with Gasteiger partial charge in [0.15, 0.2) is 0 Å². The van der Waals surface area contributed by atoms with E-state index in [2.05, 4.69) is 16.1 Å². The number of benzene rings is 2. The van der Waals surface area contributed by atoms with Crippen molar-refractivity contribution in [1.29, 1.82) is 5.26 Å². The van der Waals surface area contributed by atoms with E-state index >= 15 is 0 Å². The van der Waals surface area contributed by atoms with Crippen LogP contribution in [0.15, 0.2) is 53.4 Å². The highest BCUT2D eigenvalue weighted by molar-refractivity contribution is 7.89. The number of hydrogen-bond acceptors (Lipinski definition) is 4. The number of rotatable bonds is 8. The standard InChI is InChI=1S/C21H25N3O3S/c1-15(2)14-20(24-28(26,27)19-10-4-16(3)5-11-19)21(25)23-18-8-6-17(7-9-18)12-13-22/h4-11,15,20,24H,12,14H2,1-3H3,(H,23,25). The summed E-state index contributed by atoms with van der Waals surface area (Å²) in [5.41, 5.74) is 2.35. The lowest BCUT2D eigenvalue weighted by Gasteiger charge is -2.20. The van der Waals surface area contributed by atoms with Gasteiger partial charge in [0, 0.05) is 5.69 Å². The summed E-state index contributed by atoms with van der Waals surface area (Å²) in [5, 5.41) is 11.5. The van der Waals surface area contributed by atoms with Crippen LogP contribution in [-0.2, 0) is 21.2 Å². The maximum Gasteiger partial charge on any atom is 0.242 e. The minimum absolute atomic E-state index is 0.120. The van der Waals surface area contributed by atoms with Crippen LogP contribution >= 0.6 is 0 Å². The Morgan fingerprint density at radius 1 is 1.07 bits per heavy atom. The van der Waals surface area contributed by atoms with Crippen molar-refractivity contribution in [3.63, 3.8) is 0 Å². The molecule has 0 aromatic heterocycles. The van der Waals surface area contributed by atoms with Crippen molar-refractivity contribution in [2.24, 2.45) is 5.92 Å². The van der Waals surface area contributed by atoms with E-state index in [4.69, 9.17) is 5.26 Å². The molecule has 6 nitrogen and oxygen atoms in total. The summed E-state index contributed by atoms with van der Waals surface area (Å²) < 4.78 is 27.9. The van der Waals surface area contributed by atoms with Gasteiger partial charge < -0.3 is 5.32 Å². The second-order valence-corrected chi connectivity index (χ2v) is 8.85. The topological polar surface area (TPSA) is 99.1 Å². The van der Waals surface area contributed by atoms with Gasteiger partial charge in [-0.05, 0) is 49.1 Å². The Morgan fingerprint density at radius 2 is 1.68 bits per heavy atom. The molecule has 0 spiro atoms. The zero-order valence-corrected chi connectivity index (χ0v) is 17.1. The molecule has 28 heavy (non-hydrogen) atoms. The van der Waals surface area contributed by atoms with E-state index in [0.717, 1.165) is 11.1 Å². The van der Waals surface area contributed by atoms with Gasteiger partial charge in [0.1, 0.15) is 6.04 Å². The van der Waals surface area contributed by atoms with Gasteiger partial charge in [-0.1, -0.05) is 43.7 Å².